The molecule has 7 rings (SSSR count). The van der Waals surface area contributed by atoms with E-state index in [2.05, 4.69) is 21.3 Å². The van der Waals surface area contributed by atoms with Crippen molar-refractivity contribution in [1.29, 1.82) is 0 Å². The zero-order valence-corrected chi connectivity index (χ0v) is 39.8. The number of aromatic nitrogens is 2. The molecule has 3 atom stereocenters. The molecule has 0 fully saturated rings. The monoisotopic (exact) mass is 964 g/mol. The number of aliphatic hydroxyl groups is 1. The Morgan fingerprint density at radius 1 is 0.900 bits per heavy atom. The number of cyclic esters (lactones) is 1. The molecule has 370 valence electrons. The Morgan fingerprint density at radius 2 is 1.59 bits per heavy atom. The van der Waals surface area contributed by atoms with Gasteiger partial charge in [-0.1, -0.05) is 37.3 Å². The van der Waals surface area contributed by atoms with Gasteiger partial charge in [-0.25, -0.2) is 14.2 Å². The van der Waals surface area contributed by atoms with Crippen LogP contribution in [-0.2, 0) is 79.4 Å². The Morgan fingerprint density at radius 3 is 2.29 bits per heavy atom. The maximum Gasteiger partial charge on any atom is 0.343 e. The van der Waals surface area contributed by atoms with Gasteiger partial charge in [0.2, 0.25) is 23.6 Å². The molecule has 5 N–H and O–H groups in total. The number of hydrogen-bond donors (Lipinski definition) is 5. The number of ether oxygens (including phenoxy) is 2. The molecule has 0 saturated heterocycles. The number of rotatable bonds is 19. The molecule has 4 amide bonds. The molecule has 0 saturated carbocycles. The number of aryl methyl sites for hydroxylation is 1. The fraction of sp³-hybridized carbons (Fsp3) is 0.451. The maximum atomic E-state index is 15.3. The third-order valence-corrected chi connectivity index (χ3v) is 12.9. The van der Waals surface area contributed by atoms with Crippen molar-refractivity contribution in [3.8, 4) is 11.4 Å². The summed E-state index contributed by atoms with van der Waals surface area (Å²) < 4.78 is 27.2. The lowest BCUT2D eigenvalue weighted by molar-refractivity contribution is -0.172. The molecule has 0 radical (unpaired) electrons. The van der Waals surface area contributed by atoms with Crippen molar-refractivity contribution in [2.45, 2.75) is 123 Å². The van der Waals surface area contributed by atoms with Crippen molar-refractivity contribution in [1.82, 2.24) is 30.8 Å². The summed E-state index contributed by atoms with van der Waals surface area (Å²) in [5.41, 5.74) is 1.19. The fourth-order valence-electron chi connectivity index (χ4n) is 9.28. The van der Waals surface area contributed by atoms with E-state index in [0.717, 1.165) is 11.1 Å². The van der Waals surface area contributed by atoms with Crippen molar-refractivity contribution in [2.75, 3.05) is 19.6 Å². The van der Waals surface area contributed by atoms with Crippen LogP contribution < -0.4 is 26.8 Å². The van der Waals surface area contributed by atoms with Gasteiger partial charge in [0.05, 0.1) is 61.1 Å². The minimum atomic E-state index is -2.05. The van der Waals surface area contributed by atoms with Gasteiger partial charge in [-0.05, 0) is 81.7 Å². The molecule has 4 aromatic rings. The number of fused-ring (bicyclic) bond motifs is 5. The highest BCUT2D eigenvalue weighted by atomic mass is 19.1. The maximum absolute atomic E-state index is 15.3. The van der Waals surface area contributed by atoms with Crippen molar-refractivity contribution in [3.63, 3.8) is 0 Å². The number of carbonyl (C=O) groups is 8. The zero-order chi connectivity index (χ0) is 50.7. The summed E-state index contributed by atoms with van der Waals surface area (Å²) in [6.45, 7) is 6.89. The van der Waals surface area contributed by atoms with Crippen LogP contribution in [0.25, 0.3) is 22.3 Å². The molecule has 0 bridgehead atoms. The summed E-state index contributed by atoms with van der Waals surface area (Å²) in [6.07, 6.45) is -0.270. The summed E-state index contributed by atoms with van der Waals surface area (Å²) in [5, 5.41) is 22.6. The number of halogens is 1. The van der Waals surface area contributed by atoms with Crippen LogP contribution in [0.3, 0.4) is 0 Å². The Bertz CT molecular complexity index is 2870. The number of benzene rings is 2. The lowest BCUT2D eigenvalue weighted by Crippen LogP contribution is -2.44. The van der Waals surface area contributed by atoms with Crippen LogP contribution in [0.2, 0.25) is 0 Å². The molecule has 2 aromatic heterocycles. The van der Waals surface area contributed by atoms with Crippen LogP contribution >= 0.6 is 0 Å². The minimum Gasteiger partial charge on any atom is -0.460 e. The van der Waals surface area contributed by atoms with Gasteiger partial charge in [-0.3, -0.25) is 38.4 Å². The lowest BCUT2D eigenvalue weighted by atomic mass is 9.81. The molecule has 0 unspecified atom stereocenters. The van der Waals surface area contributed by atoms with Gasteiger partial charge in [0.1, 0.15) is 18.0 Å². The van der Waals surface area contributed by atoms with E-state index in [1.54, 1.807) is 71.0 Å². The standard InChI is InChI=1S/C51H57FN6O12/c1-6-51(68)35-20-39-46-33(25-58(39)48(66)34(35)26-69-49(51)67)45-37(14-13-32-27(2)36(52)21-38(57-46)44(32)45)56-42(63)24-54-40(61)15-12-30(59)22-55-47(65)29(18-28-10-8-7-9-11-28)19-31(60)23-53-41(62)16-17-43(64)70-50(3,4)5/h7-11,20-21,29,37,68H,6,12-19,22-26H2,1-5H3,(H,53,62)(H,54,61)(H,55,65)(H,56,63)/t29-,37+,51+/m1/s1. The average molecular weight is 965 g/mol. The van der Waals surface area contributed by atoms with Crippen LogP contribution in [0, 0.1) is 18.7 Å². The van der Waals surface area contributed by atoms with Gasteiger partial charge in [0, 0.05) is 54.2 Å². The molecule has 1 aliphatic carbocycles. The normalized spacial score (nSPS) is 17.0. The first-order valence-corrected chi connectivity index (χ1v) is 23.4. The highest BCUT2D eigenvalue weighted by Gasteiger charge is 2.46. The molecule has 4 heterocycles. The topological polar surface area (TPSA) is 258 Å². The molecular weight excluding hydrogens is 908 g/mol. The van der Waals surface area contributed by atoms with E-state index in [1.807, 2.05) is 0 Å². The molecule has 19 heteroatoms. The highest BCUT2D eigenvalue weighted by Crippen LogP contribution is 2.46. The second kappa shape index (κ2) is 20.8. The predicted molar refractivity (Wildman–Crippen MR) is 250 cm³/mol. The number of Topliss-reactive ketones (excluding diaryl/α,β-unsaturated/α-hetero) is 2. The number of nitrogens with zero attached hydrogens (tertiary/aromatic N) is 2. The largest absolute Gasteiger partial charge is 0.460 e. The Labute approximate surface area is 402 Å². The number of esters is 2. The van der Waals surface area contributed by atoms with Crippen molar-refractivity contribution < 1.29 is 57.3 Å². The number of hydrogen-bond acceptors (Lipinski definition) is 13. The first-order valence-electron chi connectivity index (χ1n) is 23.4. The highest BCUT2D eigenvalue weighted by molar-refractivity contribution is 5.96. The number of nitrogens with one attached hydrogen (secondary N) is 4. The summed E-state index contributed by atoms with van der Waals surface area (Å²) in [6, 6.07) is 11.2. The van der Waals surface area contributed by atoms with Gasteiger partial charge >= 0.3 is 11.9 Å². The van der Waals surface area contributed by atoms with Gasteiger partial charge < -0.3 is 40.4 Å². The third-order valence-electron chi connectivity index (χ3n) is 12.9. The first-order chi connectivity index (χ1) is 33.2. The van der Waals surface area contributed by atoms with Crippen molar-refractivity contribution in [3.05, 3.63) is 97.6 Å². The number of ketones is 2. The SMILES string of the molecule is CC[C@@]1(O)C(=O)OCc2c1cc1n(c2=O)Cc2c-1nc1cc(F)c(C)c3c1c2[C@@H](NC(=O)CNC(=O)CCC(=O)CNC(=O)[C@@H](CC(=O)CNC(=O)CCC(=O)OC(C)(C)C)Cc1ccccc1)CC3. The second-order valence-corrected chi connectivity index (χ2v) is 19.0. The van der Waals surface area contributed by atoms with E-state index in [9.17, 15) is 48.3 Å². The average Bonchev–Trinajstić information content (AvgIpc) is 3.69. The van der Waals surface area contributed by atoms with E-state index < -0.39 is 94.8 Å². The Hall–Kier alpha value is -7.15. The first kappa shape index (κ1) is 50.7. The van der Waals surface area contributed by atoms with E-state index in [1.165, 1.54) is 10.6 Å². The zero-order valence-electron chi connectivity index (χ0n) is 39.8. The number of amides is 4. The molecule has 3 aliphatic rings. The quantitative estimate of drug-likeness (QED) is 0.0746. The smallest absolute Gasteiger partial charge is 0.343 e. The van der Waals surface area contributed by atoms with Crippen LogP contribution in [0.4, 0.5) is 4.39 Å². The van der Waals surface area contributed by atoms with E-state index in [0.29, 0.717) is 51.8 Å². The summed E-state index contributed by atoms with van der Waals surface area (Å²) in [4.78, 5) is 121. The third kappa shape index (κ3) is 11.1. The fourth-order valence-corrected chi connectivity index (χ4v) is 9.28. The van der Waals surface area contributed by atoms with Crippen LogP contribution in [0.1, 0.15) is 118 Å². The van der Waals surface area contributed by atoms with Gasteiger partial charge in [0.25, 0.3) is 5.56 Å². The molecule has 0 spiro atoms. The van der Waals surface area contributed by atoms with Crippen LogP contribution in [-0.4, -0.2) is 87.0 Å². The van der Waals surface area contributed by atoms with Gasteiger partial charge in [-0.15, -0.1) is 0 Å². The summed E-state index contributed by atoms with van der Waals surface area (Å²) in [7, 11) is 0. The molecule has 18 nitrogen and oxygen atoms in total. The molecule has 70 heavy (non-hydrogen) atoms. The Kier molecular flexibility index (Phi) is 15.1. The number of carbonyl (C=O) groups excluding carboxylic acids is 8. The predicted octanol–water partition coefficient (Wildman–Crippen LogP) is 3.27. The second-order valence-electron chi connectivity index (χ2n) is 19.0. The summed E-state index contributed by atoms with van der Waals surface area (Å²) >= 11 is 0. The van der Waals surface area contributed by atoms with Crippen molar-refractivity contribution >= 4 is 58.0 Å². The molecule has 2 aromatic carbocycles. The number of pyridine rings is 2. The van der Waals surface area contributed by atoms with E-state index in [4.69, 9.17) is 14.5 Å². The van der Waals surface area contributed by atoms with E-state index in [-0.39, 0.29) is 75.8 Å². The van der Waals surface area contributed by atoms with Crippen LogP contribution in [0.15, 0.2) is 47.3 Å². The molecular formula is C51H57FN6O12. The lowest BCUT2D eigenvalue weighted by Gasteiger charge is -2.31. The Balaban J connectivity index is 0.939. The minimum absolute atomic E-state index is 0.0480. The van der Waals surface area contributed by atoms with Gasteiger partial charge in [-0.2, -0.15) is 0 Å². The van der Waals surface area contributed by atoms with E-state index >= 15 is 4.39 Å². The summed E-state index contributed by atoms with van der Waals surface area (Å²) in [5.74, 6) is -5.94. The van der Waals surface area contributed by atoms with Gasteiger partial charge in [0.15, 0.2) is 17.2 Å². The van der Waals surface area contributed by atoms with Crippen molar-refractivity contribution in [2.24, 2.45) is 5.92 Å². The molecule has 2 aliphatic heterocycles. The van der Waals surface area contributed by atoms with Crippen LogP contribution in [0.5, 0.6) is 0 Å².